The summed E-state index contributed by atoms with van der Waals surface area (Å²) in [5.41, 5.74) is 0. The minimum atomic E-state index is -1.52. The summed E-state index contributed by atoms with van der Waals surface area (Å²) in [4.78, 5) is 0. The second-order valence-electron chi connectivity index (χ2n) is 5.86. The van der Waals surface area contributed by atoms with E-state index in [2.05, 4.69) is 39.4 Å². The zero-order valence-corrected chi connectivity index (χ0v) is 13.4. The third-order valence-electron chi connectivity index (χ3n) is 2.93. The van der Waals surface area contributed by atoms with E-state index in [9.17, 15) is 0 Å². The van der Waals surface area contributed by atoms with Gasteiger partial charge in [0, 0.05) is 0 Å². The molecule has 0 bridgehead atoms. The van der Waals surface area contributed by atoms with Crippen LogP contribution in [0.1, 0.15) is 52.4 Å². The van der Waals surface area contributed by atoms with Crippen LogP contribution in [-0.4, -0.2) is 14.4 Å². The predicted octanol–water partition coefficient (Wildman–Crippen LogP) is 4.84. The summed E-state index contributed by atoms with van der Waals surface area (Å²) in [5, 5.41) is 0. The summed E-state index contributed by atoms with van der Waals surface area (Å²) in [5.74, 6) is 3.45. The van der Waals surface area contributed by atoms with Crippen molar-refractivity contribution in [3.63, 3.8) is 0 Å². The molecule has 0 rings (SSSR count). The fourth-order valence-corrected chi connectivity index (χ4v) is 3.05. The molecule has 0 saturated carbocycles. The maximum atomic E-state index is 6.15. The van der Waals surface area contributed by atoms with Crippen molar-refractivity contribution in [1.29, 1.82) is 0 Å². The van der Waals surface area contributed by atoms with Gasteiger partial charge in [0.1, 0.15) is 6.10 Å². The topological polar surface area (TPSA) is 9.23 Å². The summed E-state index contributed by atoms with van der Waals surface area (Å²) < 4.78 is 6.15. The molecular weight excluding hydrogens is 224 g/mol. The van der Waals surface area contributed by atoms with Crippen molar-refractivity contribution >= 4 is 8.32 Å². The van der Waals surface area contributed by atoms with Gasteiger partial charge >= 0.3 is 0 Å². The zero-order valence-electron chi connectivity index (χ0n) is 12.4. The largest absolute Gasteiger partial charge is 0.404 e. The molecule has 0 aromatic rings. The van der Waals surface area contributed by atoms with Gasteiger partial charge in [-0.1, -0.05) is 45.5 Å². The first-order chi connectivity index (χ1) is 7.94. The van der Waals surface area contributed by atoms with Crippen molar-refractivity contribution in [1.82, 2.24) is 0 Å². The average Bonchev–Trinajstić information content (AvgIpc) is 2.25. The molecule has 0 saturated heterocycles. The van der Waals surface area contributed by atoms with E-state index in [-0.39, 0.29) is 6.10 Å². The molecule has 0 aliphatic rings. The first-order valence-corrected chi connectivity index (χ1v) is 10.5. The van der Waals surface area contributed by atoms with Crippen LogP contribution < -0.4 is 0 Å². The molecule has 0 N–H and O–H groups in total. The quantitative estimate of drug-likeness (QED) is 0.423. The van der Waals surface area contributed by atoms with E-state index in [1.807, 2.05) is 0 Å². The molecule has 0 fully saturated rings. The van der Waals surface area contributed by atoms with Crippen LogP contribution in [0.15, 0.2) is 0 Å². The monoisotopic (exact) mass is 254 g/mol. The molecule has 1 atom stereocenters. The van der Waals surface area contributed by atoms with Crippen molar-refractivity contribution in [3.8, 4) is 12.3 Å². The van der Waals surface area contributed by atoms with E-state index in [1.54, 1.807) is 0 Å². The number of hydrogen-bond acceptors (Lipinski definition) is 1. The minimum Gasteiger partial charge on any atom is -0.404 e. The van der Waals surface area contributed by atoms with Gasteiger partial charge < -0.3 is 4.43 Å². The summed E-state index contributed by atoms with van der Waals surface area (Å²) in [7, 11) is -1.52. The molecule has 17 heavy (non-hydrogen) atoms. The van der Waals surface area contributed by atoms with Crippen molar-refractivity contribution in [2.75, 3.05) is 0 Å². The normalized spacial score (nSPS) is 13.7. The lowest BCUT2D eigenvalue weighted by molar-refractivity contribution is 0.161. The fraction of sp³-hybridized carbons (Fsp3) is 0.867. The molecule has 2 heteroatoms. The van der Waals surface area contributed by atoms with Gasteiger partial charge in [-0.05, 0) is 38.4 Å². The molecule has 0 amide bonds. The smallest absolute Gasteiger partial charge is 0.185 e. The van der Waals surface area contributed by atoms with E-state index in [0.717, 1.165) is 0 Å². The van der Waals surface area contributed by atoms with Crippen LogP contribution in [0.5, 0.6) is 0 Å². The second kappa shape index (κ2) is 8.77. The Balaban J connectivity index is 4.43. The minimum absolute atomic E-state index is 0.0415. The van der Waals surface area contributed by atoms with Crippen molar-refractivity contribution in [2.45, 2.75) is 78.1 Å². The van der Waals surface area contributed by atoms with Crippen molar-refractivity contribution < 1.29 is 4.43 Å². The molecule has 0 aromatic heterocycles. The molecule has 0 spiro atoms. The Bertz CT molecular complexity index is 216. The van der Waals surface area contributed by atoms with Crippen molar-refractivity contribution in [2.24, 2.45) is 5.92 Å². The van der Waals surface area contributed by atoms with Crippen LogP contribution in [0.4, 0.5) is 0 Å². The highest BCUT2D eigenvalue weighted by atomic mass is 28.4. The first-order valence-electron chi connectivity index (χ1n) is 7.08. The van der Waals surface area contributed by atoms with Crippen LogP contribution in [-0.2, 0) is 4.43 Å². The van der Waals surface area contributed by atoms with Gasteiger partial charge in [-0.15, -0.1) is 6.42 Å². The Morgan fingerprint density at radius 1 is 1.06 bits per heavy atom. The molecular formula is C15H30OSi. The van der Waals surface area contributed by atoms with E-state index in [1.165, 1.54) is 38.5 Å². The lowest BCUT2D eigenvalue weighted by atomic mass is 9.91. The third kappa shape index (κ3) is 8.46. The van der Waals surface area contributed by atoms with Crippen LogP contribution in [0.3, 0.4) is 0 Å². The summed E-state index contributed by atoms with van der Waals surface area (Å²) >= 11 is 0. The van der Waals surface area contributed by atoms with E-state index in [0.29, 0.717) is 5.92 Å². The second-order valence-corrected chi connectivity index (χ2v) is 10.3. The molecule has 100 valence electrons. The zero-order chi connectivity index (χ0) is 13.3. The molecule has 1 nitrogen and oxygen atoms in total. The van der Waals surface area contributed by atoms with Gasteiger partial charge in [0.2, 0.25) is 0 Å². The van der Waals surface area contributed by atoms with E-state index >= 15 is 0 Å². The highest BCUT2D eigenvalue weighted by Crippen LogP contribution is 2.24. The van der Waals surface area contributed by atoms with Gasteiger partial charge in [0.05, 0.1) is 0 Å². The predicted molar refractivity (Wildman–Crippen MR) is 79.6 cm³/mol. The fourth-order valence-electron chi connectivity index (χ4n) is 2.03. The molecule has 1 unspecified atom stereocenters. The number of unbranched alkanes of at least 4 members (excludes halogenated alkanes) is 2. The maximum Gasteiger partial charge on any atom is 0.185 e. The highest BCUT2D eigenvalue weighted by molar-refractivity contribution is 6.69. The van der Waals surface area contributed by atoms with Gasteiger partial charge in [0.25, 0.3) is 0 Å². The van der Waals surface area contributed by atoms with E-state index in [4.69, 9.17) is 10.8 Å². The Hall–Kier alpha value is -0.263. The molecule has 0 aliphatic heterocycles. The lowest BCUT2D eigenvalue weighted by Gasteiger charge is -2.29. The highest BCUT2D eigenvalue weighted by Gasteiger charge is 2.25. The number of rotatable bonds is 9. The molecule has 0 aromatic carbocycles. The first kappa shape index (κ1) is 16.7. The van der Waals surface area contributed by atoms with Crippen LogP contribution in [0, 0.1) is 18.3 Å². The molecule has 0 heterocycles. The molecule has 0 radical (unpaired) electrons. The summed E-state index contributed by atoms with van der Waals surface area (Å²) in [6.07, 6.45) is 13.2. The number of hydrogen-bond donors (Lipinski definition) is 0. The van der Waals surface area contributed by atoms with Gasteiger partial charge in [-0.3, -0.25) is 0 Å². The van der Waals surface area contributed by atoms with Crippen LogP contribution in [0.25, 0.3) is 0 Å². The Morgan fingerprint density at radius 3 is 1.82 bits per heavy atom. The van der Waals surface area contributed by atoms with Gasteiger partial charge in [-0.2, -0.15) is 0 Å². The van der Waals surface area contributed by atoms with Crippen LogP contribution >= 0.6 is 0 Å². The lowest BCUT2D eigenvalue weighted by Crippen LogP contribution is -2.35. The third-order valence-corrected chi connectivity index (χ3v) is 3.89. The SMILES string of the molecule is C#CC(O[Si](C)(C)C)C(CCCC)CCCC. The Morgan fingerprint density at radius 2 is 1.53 bits per heavy atom. The number of terminal acetylenes is 1. The summed E-state index contributed by atoms with van der Waals surface area (Å²) in [6, 6.07) is 0. The average molecular weight is 254 g/mol. The van der Waals surface area contributed by atoms with E-state index < -0.39 is 8.32 Å². The van der Waals surface area contributed by atoms with Crippen LogP contribution in [0.2, 0.25) is 19.6 Å². The standard InChI is InChI=1S/C15H30OSi/c1-7-10-12-14(13-11-8-2)15(9-3)16-17(4,5)6/h3,14-15H,7-8,10-13H2,1-2,4-6H3. The van der Waals surface area contributed by atoms with Gasteiger partial charge in [0.15, 0.2) is 8.32 Å². The van der Waals surface area contributed by atoms with Crippen molar-refractivity contribution in [3.05, 3.63) is 0 Å². The maximum absolute atomic E-state index is 6.15. The Kier molecular flexibility index (Phi) is 8.64. The Labute approximate surface area is 109 Å². The summed E-state index contributed by atoms with van der Waals surface area (Å²) in [6.45, 7) is 11.1. The van der Waals surface area contributed by atoms with Gasteiger partial charge in [-0.25, -0.2) is 0 Å². The molecule has 0 aliphatic carbocycles.